The normalized spacial score (nSPS) is 16.9. The molecule has 0 amide bonds. The predicted octanol–water partition coefficient (Wildman–Crippen LogP) is 2.90. The number of hydrogen-bond acceptors (Lipinski definition) is 10. The first-order valence-electron chi connectivity index (χ1n) is 10.6. The molecule has 0 saturated carbocycles. The second kappa shape index (κ2) is 13.1. The van der Waals surface area contributed by atoms with Gasteiger partial charge < -0.3 is 30.2 Å². The number of rotatable bonds is 5. The average Bonchev–Trinajstić information content (AvgIpc) is 3.47. The van der Waals surface area contributed by atoms with E-state index in [1.54, 1.807) is 42.6 Å². The van der Waals surface area contributed by atoms with Crippen LogP contribution in [0.15, 0.2) is 48.8 Å². The van der Waals surface area contributed by atoms with Crippen LogP contribution in [0.2, 0.25) is 0 Å². The van der Waals surface area contributed by atoms with E-state index in [1.807, 2.05) is 18.2 Å². The number of aliphatic hydroxyl groups is 2. The number of fused-ring (bicyclic) bond motifs is 1. The zero-order chi connectivity index (χ0) is 25.1. The summed E-state index contributed by atoms with van der Waals surface area (Å²) < 4.78 is 17.7. The van der Waals surface area contributed by atoms with E-state index in [4.69, 9.17) is 35.4 Å². The second-order valence-corrected chi connectivity index (χ2v) is 7.54. The molecule has 1 aliphatic rings. The van der Waals surface area contributed by atoms with Crippen LogP contribution in [-0.4, -0.2) is 49.8 Å². The monoisotopic (exact) mass is 471 g/mol. The molecule has 0 bridgehead atoms. The van der Waals surface area contributed by atoms with E-state index in [1.165, 1.54) is 6.33 Å². The van der Waals surface area contributed by atoms with Crippen LogP contribution >= 0.6 is 0 Å². The van der Waals surface area contributed by atoms with Crippen LogP contribution in [-0.2, 0) is 14.2 Å². The molecule has 2 atom stereocenters. The summed E-state index contributed by atoms with van der Waals surface area (Å²) in [6, 6.07) is 12.5. The third-order valence-corrected chi connectivity index (χ3v) is 4.77. The van der Waals surface area contributed by atoms with Gasteiger partial charge in [0.1, 0.15) is 24.6 Å². The van der Waals surface area contributed by atoms with E-state index in [0.29, 0.717) is 11.4 Å². The highest BCUT2D eigenvalue weighted by molar-refractivity contribution is 5.65. The number of anilines is 1. The Morgan fingerprint density at radius 3 is 2.56 bits per heavy atom. The Balaban J connectivity index is 0.000000311. The fraction of sp³-hybridized carbons (Fsp3) is 0.391. The van der Waals surface area contributed by atoms with Crippen molar-refractivity contribution < 1.29 is 29.2 Å². The van der Waals surface area contributed by atoms with E-state index in [0.717, 1.165) is 24.1 Å². The zero-order valence-corrected chi connectivity index (χ0v) is 19.0. The number of ether oxygens (including phenoxy) is 3. The molecule has 1 fully saturated rings. The molecule has 3 heterocycles. The molecule has 11 nitrogen and oxygen atoms in total. The van der Waals surface area contributed by atoms with Gasteiger partial charge in [-0.25, -0.2) is 19.6 Å². The van der Waals surface area contributed by atoms with Crippen LogP contribution in [0.3, 0.4) is 0 Å². The molecule has 0 aliphatic carbocycles. The molecule has 34 heavy (non-hydrogen) atoms. The van der Waals surface area contributed by atoms with Crippen LogP contribution < -0.4 is 5.73 Å². The minimum Gasteiger partial charge on any atom is -0.432 e. The van der Waals surface area contributed by atoms with Gasteiger partial charge in [0.05, 0.1) is 17.9 Å². The smallest absolute Gasteiger partial charge is 0.432 e. The van der Waals surface area contributed by atoms with Crippen molar-refractivity contribution in [1.29, 1.82) is 5.26 Å². The predicted molar refractivity (Wildman–Crippen MR) is 122 cm³/mol. The number of nitriles is 1. The van der Waals surface area contributed by atoms with Crippen molar-refractivity contribution in [2.45, 2.75) is 51.3 Å². The first-order valence-corrected chi connectivity index (χ1v) is 10.6. The number of nitrogens with zero attached hydrogens (tertiary/aromatic N) is 4. The second-order valence-electron chi connectivity index (χ2n) is 7.54. The molecular weight excluding hydrogens is 442 g/mol. The van der Waals surface area contributed by atoms with Crippen molar-refractivity contribution in [3.05, 3.63) is 60.0 Å². The Morgan fingerprint density at radius 1 is 1.24 bits per heavy atom. The topological polar surface area (TPSA) is 165 Å². The van der Waals surface area contributed by atoms with Gasteiger partial charge in [-0.3, -0.25) is 0 Å². The fourth-order valence-corrected chi connectivity index (χ4v) is 3.28. The molecular formula is C23H29N5O6. The Labute approximate surface area is 197 Å². The van der Waals surface area contributed by atoms with Gasteiger partial charge in [0.2, 0.25) is 0 Å². The van der Waals surface area contributed by atoms with Crippen LogP contribution in [0.4, 0.5) is 10.6 Å². The number of aromatic nitrogens is 3. The van der Waals surface area contributed by atoms with E-state index in [9.17, 15) is 4.79 Å². The van der Waals surface area contributed by atoms with Crippen LogP contribution in [0.5, 0.6) is 0 Å². The lowest BCUT2D eigenvalue weighted by atomic mass is 10.1. The van der Waals surface area contributed by atoms with E-state index in [2.05, 4.69) is 16.7 Å². The summed E-state index contributed by atoms with van der Waals surface area (Å²) in [4.78, 5) is 15.4. The molecule has 0 spiro atoms. The standard InChI is InChI=1S/C15H20N4O4.C7H8O2.CHN/c1-9(2)22-15(20)21-7-10-3-6-13(23-10)11-4-5-12-14(16)17-8-18-19(11)12;8-7(9)6-4-2-1-3-5-6;1-2/h4-5,8-10,13H,3,6-7H2,1-2H3,(H2,16,17,18);1-5,7-9H;1H. The highest BCUT2D eigenvalue weighted by Gasteiger charge is 2.30. The first-order chi connectivity index (χ1) is 16.3. The Morgan fingerprint density at radius 2 is 1.94 bits per heavy atom. The summed E-state index contributed by atoms with van der Waals surface area (Å²) in [5.41, 5.74) is 8.03. The molecule has 1 aromatic carbocycles. The van der Waals surface area contributed by atoms with Gasteiger partial charge in [0.15, 0.2) is 12.1 Å². The maximum absolute atomic E-state index is 11.4. The lowest BCUT2D eigenvalue weighted by molar-refractivity contribution is -0.0424. The number of hydrogen-bond donors (Lipinski definition) is 3. The van der Waals surface area contributed by atoms with Gasteiger partial charge in [-0.2, -0.15) is 5.10 Å². The molecule has 1 saturated heterocycles. The van der Waals surface area contributed by atoms with Crippen molar-refractivity contribution in [2.24, 2.45) is 0 Å². The largest absolute Gasteiger partial charge is 0.508 e. The third kappa shape index (κ3) is 7.41. The van der Waals surface area contributed by atoms with Crippen molar-refractivity contribution >= 4 is 17.5 Å². The lowest BCUT2D eigenvalue weighted by Gasteiger charge is -2.14. The molecule has 4 rings (SSSR count). The van der Waals surface area contributed by atoms with Gasteiger partial charge in [0, 0.05) is 12.1 Å². The summed E-state index contributed by atoms with van der Waals surface area (Å²) in [5, 5.41) is 27.9. The lowest BCUT2D eigenvalue weighted by Crippen LogP contribution is -2.21. The Hall–Kier alpha value is -3.72. The molecule has 11 heteroatoms. The summed E-state index contributed by atoms with van der Waals surface area (Å²) in [7, 11) is 0. The highest BCUT2D eigenvalue weighted by Crippen LogP contribution is 2.33. The summed E-state index contributed by atoms with van der Waals surface area (Å²) >= 11 is 0. The van der Waals surface area contributed by atoms with Crippen molar-refractivity contribution in [3.8, 4) is 6.57 Å². The molecule has 4 N–H and O–H groups in total. The van der Waals surface area contributed by atoms with Crippen LogP contribution in [0, 0.1) is 11.8 Å². The van der Waals surface area contributed by atoms with Crippen LogP contribution in [0.25, 0.3) is 5.52 Å². The molecule has 2 unspecified atom stereocenters. The SMILES string of the molecule is C#N.CC(C)OC(=O)OCC1CCC(c2ccc3c(N)ncnn23)O1.OC(O)c1ccccc1. The number of aliphatic hydroxyl groups excluding tert-OH is 1. The Kier molecular flexibility index (Phi) is 10.2. The highest BCUT2D eigenvalue weighted by atomic mass is 16.7. The minimum atomic E-state index is -1.34. The van der Waals surface area contributed by atoms with E-state index in [-0.39, 0.29) is 24.9 Å². The number of nitrogen functional groups attached to an aromatic ring is 1. The van der Waals surface area contributed by atoms with Gasteiger partial charge in [-0.15, -0.1) is 0 Å². The van der Waals surface area contributed by atoms with Crippen LogP contribution in [0.1, 0.15) is 50.3 Å². The summed E-state index contributed by atoms with van der Waals surface area (Å²) in [6.07, 6.45) is 0.579. The molecule has 1 aliphatic heterocycles. The maximum atomic E-state index is 11.4. The average molecular weight is 472 g/mol. The number of benzene rings is 1. The zero-order valence-electron chi connectivity index (χ0n) is 19.0. The molecule has 0 radical (unpaired) electrons. The van der Waals surface area contributed by atoms with Gasteiger partial charge in [-0.05, 0) is 38.8 Å². The summed E-state index contributed by atoms with van der Waals surface area (Å²) in [6.45, 7) is 7.23. The van der Waals surface area contributed by atoms with Crippen molar-refractivity contribution in [2.75, 3.05) is 12.3 Å². The van der Waals surface area contributed by atoms with E-state index >= 15 is 0 Å². The number of carbonyl (C=O) groups is 1. The van der Waals surface area contributed by atoms with Crippen molar-refractivity contribution in [1.82, 2.24) is 14.6 Å². The molecule has 182 valence electrons. The quantitative estimate of drug-likeness (QED) is 0.372. The van der Waals surface area contributed by atoms with Crippen molar-refractivity contribution in [3.63, 3.8) is 0 Å². The van der Waals surface area contributed by atoms with E-state index < -0.39 is 12.4 Å². The third-order valence-electron chi connectivity index (χ3n) is 4.77. The van der Waals surface area contributed by atoms with Gasteiger partial charge in [0.25, 0.3) is 0 Å². The maximum Gasteiger partial charge on any atom is 0.508 e. The minimum absolute atomic E-state index is 0.110. The summed E-state index contributed by atoms with van der Waals surface area (Å²) in [5.74, 6) is 0.431. The molecule has 3 aromatic rings. The number of carbonyl (C=O) groups excluding carboxylic acids is 1. The Bertz CT molecular complexity index is 1050. The number of nitrogens with two attached hydrogens (primary N) is 1. The fourth-order valence-electron chi connectivity index (χ4n) is 3.28. The molecule has 2 aromatic heterocycles. The van der Waals surface area contributed by atoms with Gasteiger partial charge in [-0.1, -0.05) is 30.3 Å². The first kappa shape index (κ1) is 26.5. The van der Waals surface area contributed by atoms with Gasteiger partial charge >= 0.3 is 6.16 Å².